The van der Waals surface area contributed by atoms with Crippen LogP contribution in [0.25, 0.3) is 10.9 Å². The van der Waals surface area contributed by atoms with Crippen molar-refractivity contribution >= 4 is 71.7 Å². The van der Waals surface area contributed by atoms with E-state index in [0.717, 1.165) is 10.9 Å². The third-order valence-electron chi connectivity index (χ3n) is 6.97. The number of unbranched alkanes of at least 4 members (excludes halogenated alkanes) is 1. The summed E-state index contributed by atoms with van der Waals surface area (Å²) in [5.41, 5.74) is 18.1. The lowest BCUT2D eigenvalue weighted by atomic mass is 10.0. The van der Waals surface area contributed by atoms with Crippen LogP contribution >= 0.6 is 25.3 Å². The number of fused-ring (bicyclic) bond motifs is 1. The molecule has 2 rings (SSSR count). The quantitative estimate of drug-likeness (QED) is 0.0568. The average Bonchev–Trinajstić information content (AvgIpc) is 3.42. The van der Waals surface area contributed by atoms with Crippen LogP contribution in [0.3, 0.4) is 0 Å². The summed E-state index contributed by atoms with van der Waals surface area (Å²) in [6.45, 7) is 0.369. The number of aliphatic carboxylic acids is 1. The lowest BCUT2D eigenvalue weighted by molar-refractivity contribution is -0.138. The number of para-hydroxylation sites is 1. The lowest BCUT2D eigenvalue weighted by Crippen LogP contribution is -2.59. The molecule has 0 aliphatic heterocycles. The number of carbonyl (C=O) groups is 6. The van der Waals surface area contributed by atoms with Crippen molar-refractivity contribution in [2.75, 3.05) is 18.1 Å². The molecule has 15 nitrogen and oxygen atoms in total. The van der Waals surface area contributed by atoms with Gasteiger partial charge in [-0.15, -0.1) is 0 Å². The van der Waals surface area contributed by atoms with E-state index in [1.165, 1.54) is 0 Å². The monoisotopic (exact) mass is 666 g/mol. The predicted molar refractivity (Wildman–Crippen MR) is 174 cm³/mol. The van der Waals surface area contributed by atoms with Crippen molar-refractivity contribution in [3.05, 3.63) is 36.0 Å². The zero-order valence-corrected chi connectivity index (χ0v) is 26.4. The number of H-pyrrole nitrogens is 1. The van der Waals surface area contributed by atoms with Crippen LogP contribution in [-0.2, 0) is 35.2 Å². The fourth-order valence-electron chi connectivity index (χ4n) is 4.41. The van der Waals surface area contributed by atoms with Gasteiger partial charge in [0.2, 0.25) is 29.5 Å². The van der Waals surface area contributed by atoms with Crippen LogP contribution in [0.4, 0.5) is 0 Å². The Hall–Kier alpha value is -3.80. The number of rotatable bonds is 20. The van der Waals surface area contributed by atoms with Crippen LogP contribution in [0.15, 0.2) is 30.5 Å². The summed E-state index contributed by atoms with van der Waals surface area (Å²) < 4.78 is 0. The highest BCUT2D eigenvalue weighted by Crippen LogP contribution is 2.19. The van der Waals surface area contributed by atoms with Crippen molar-refractivity contribution in [3.63, 3.8) is 0 Å². The Balaban J connectivity index is 2.40. The number of aromatic amines is 1. The zero-order valence-electron chi connectivity index (χ0n) is 24.7. The molecule has 0 radical (unpaired) electrons. The van der Waals surface area contributed by atoms with E-state index in [4.69, 9.17) is 17.2 Å². The standard InChI is InChI=1S/C28H42N8O7S2/c29-10-4-3-7-19(33-25(40)17(30)13-44)26(41)35-21(11-15-12-32-18-6-2-1-5-16(15)18)28(43)34-20(8-9-23(37)38)27(42)36-22(14-45)24(31)39/h1-2,5-6,12,17,19-22,32,44-45H,3-4,7-11,13-14,29-30H2,(H2,31,39)(H,33,40)(H,34,43)(H,35,41)(H,36,42)(H,37,38)/t17-,19-,20-,21-,22-/m0/s1. The number of benzene rings is 1. The number of carbonyl (C=O) groups excluding carboxylic acids is 5. The minimum atomic E-state index is -1.40. The number of aromatic nitrogens is 1. The second kappa shape index (κ2) is 18.9. The van der Waals surface area contributed by atoms with Gasteiger partial charge in [-0.2, -0.15) is 25.3 Å². The number of amides is 5. The molecule has 0 unspecified atom stereocenters. The first-order chi connectivity index (χ1) is 21.4. The minimum Gasteiger partial charge on any atom is -0.481 e. The molecule has 0 aliphatic rings. The Morgan fingerprint density at radius 3 is 1.98 bits per heavy atom. The fourth-order valence-corrected chi connectivity index (χ4v) is 4.85. The average molecular weight is 667 g/mol. The number of nitrogens with two attached hydrogens (primary N) is 3. The van der Waals surface area contributed by atoms with E-state index in [9.17, 15) is 33.9 Å². The Kier molecular flexibility index (Phi) is 15.7. The van der Waals surface area contributed by atoms with Gasteiger partial charge in [0.25, 0.3) is 0 Å². The molecule has 5 amide bonds. The summed E-state index contributed by atoms with van der Waals surface area (Å²) in [7, 11) is 0. The Morgan fingerprint density at radius 1 is 0.800 bits per heavy atom. The summed E-state index contributed by atoms with van der Waals surface area (Å²) in [5, 5.41) is 20.2. The summed E-state index contributed by atoms with van der Waals surface area (Å²) in [6, 6.07) is 1.42. The van der Waals surface area contributed by atoms with Gasteiger partial charge in [-0.1, -0.05) is 18.2 Å². The van der Waals surface area contributed by atoms with Gasteiger partial charge in [0.05, 0.1) is 6.04 Å². The Morgan fingerprint density at radius 2 is 1.38 bits per heavy atom. The first kappa shape index (κ1) is 37.4. The second-order valence-electron chi connectivity index (χ2n) is 10.4. The predicted octanol–water partition coefficient (Wildman–Crippen LogP) is -1.68. The molecule has 0 aliphatic carbocycles. The number of thiol groups is 2. The number of carboxylic acid groups (broad SMARTS) is 1. The summed E-state index contributed by atoms with van der Waals surface area (Å²) >= 11 is 8.03. The molecule has 12 N–H and O–H groups in total. The van der Waals surface area contributed by atoms with E-state index < -0.39 is 72.1 Å². The molecule has 45 heavy (non-hydrogen) atoms. The fraction of sp³-hybridized carbons (Fsp3) is 0.500. The highest BCUT2D eigenvalue weighted by Gasteiger charge is 2.32. The maximum atomic E-state index is 13.7. The summed E-state index contributed by atoms with van der Waals surface area (Å²) in [5.74, 6) is -5.12. The van der Waals surface area contributed by atoms with Crippen LogP contribution in [0.2, 0.25) is 0 Å². The van der Waals surface area contributed by atoms with Crippen LogP contribution in [-0.4, -0.2) is 93.9 Å². The molecule has 0 fully saturated rings. The third kappa shape index (κ3) is 11.9. The zero-order chi connectivity index (χ0) is 33.5. The number of carboxylic acids is 1. The molecule has 1 heterocycles. The van der Waals surface area contributed by atoms with E-state index in [1.807, 2.05) is 24.3 Å². The molecule has 5 atom stereocenters. The Labute approximate surface area is 271 Å². The lowest BCUT2D eigenvalue weighted by Gasteiger charge is -2.26. The molecule has 1 aromatic carbocycles. The molecule has 2 aromatic rings. The van der Waals surface area contributed by atoms with E-state index in [2.05, 4.69) is 51.5 Å². The van der Waals surface area contributed by atoms with Crippen molar-refractivity contribution < 1.29 is 33.9 Å². The molecule has 1 aromatic heterocycles. The summed E-state index contributed by atoms with van der Waals surface area (Å²) in [6.07, 6.45) is 2.12. The van der Waals surface area contributed by atoms with Crippen molar-refractivity contribution in [2.24, 2.45) is 17.2 Å². The molecule has 248 valence electrons. The molecule has 17 heteroatoms. The first-order valence-corrected chi connectivity index (χ1v) is 15.6. The van der Waals surface area contributed by atoms with Crippen molar-refractivity contribution in [3.8, 4) is 0 Å². The Bertz CT molecular complexity index is 1340. The minimum absolute atomic E-state index is 0.0327. The van der Waals surface area contributed by atoms with E-state index in [0.29, 0.717) is 24.9 Å². The maximum absolute atomic E-state index is 13.7. The van der Waals surface area contributed by atoms with Gasteiger partial charge in [-0.25, -0.2) is 0 Å². The van der Waals surface area contributed by atoms with Crippen LogP contribution in [0.1, 0.15) is 37.7 Å². The van der Waals surface area contributed by atoms with E-state index >= 15 is 0 Å². The summed E-state index contributed by atoms with van der Waals surface area (Å²) in [4.78, 5) is 79.0. The van der Waals surface area contributed by atoms with Gasteiger partial charge in [-0.05, 0) is 43.9 Å². The van der Waals surface area contributed by atoms with Crippen molar-refractivity contribution in [1.29, 1.82) is 0 Å². The van der Waals surface area contributed by atoms with Crippen molar-refractivity contribution in [1.82, 2.24) is 26.3 Å². The second-order valence-corrected chi connectivity index (χ2v) is 11.1. The first-order valence-electron chi connectivity index (χ1n) is 14.4. The largest absolute Gasteiger partial charge is 0.481 e. The van der Waals surface area contributed by atoms with Crippen LogP contribution in [0.5, 0.6) is 0 Å². The molecular formula is C28H42N8O7S2. The number of nitrogens with one attached hydrogen (secondary N) is 5. The molecule has 0 bridgehead atoms. The normalized spacial score (nSPS) is 14.4. The number of hydrogen-bond acceptors (Lipinski definition) is 10. The van der Waals surface area contributed by atoms with Gasteiger partial charge in [0, 0.05) is 41.4 Å². The number of primary amides is 1. The molecule has 0 spiro atoms. The highest BCUT2D eigenvalue weighted by molar-refractivity contribution is 7.80. The third-order valence-corrected chi connectivity index (χ3v) is 7.73. The van der Waals surface area contributed by atoms with Crippen molar-refractivity contribution in [2.45, 2.75) is 68.7 Å². The smallest absolute Gasteiger partial charge is 0.303 e. The van der Waals surface area contributed by atoms with Gasteiger partial charge in [0.15, 0.2) is 0 Å². The molecule has 0 saturated carbocycles. The maximum Gasteiger partial charge on any atom is 0.303 e. The topological polar surface area (TPSA) is 265 Å². The van der Waals surface area contributed by atoms with Gasteiger partial charge in [-0.3, -0.25) is 28.8 Å². The number of hydrogen-bond donors (Lipinski definition) is 11. The van der Waals surface area contributed by atoms with E-state index in [-0.39, 0.29) is 30.8 Å². The van der Waals surface area contributed by atoms with Crippen LogP contribution in [0, 0.1) is 0 Å². The van der Waals surface area contributed by atoms with Crippen LogP contribution < -0.4 is 38.5 Å². The SMILES string of the molecule is NCCCC[C@H](NC(=O)[C@@H](N)CS)C(=O)N[C@@H](Cc1c[nH]c2ccccc12)C(=O)N[C@@H](CCC(=O)O)C(=O)N[C@@H](CS)C(N)=O. The molecule has 0 saturated heterocycles. The molecular weight excluding hydrogens is 624 g/mol. The van der Waals surface area contributed by atoms with E-state index in [1.54, 1.807) is 6.20 Å². The van der Waals surface area contributed by atoms with Gasteiger partial charge < -0.3 is 48.6 Å². The highest BCUT2D eigenvalue weighted by atomic mass is 32.1. The van der Waals surface area contributed by atoms with Gasteiger partial charge in [0.1, 0.15) is 24.2 Å². The van der Waals surface area contributed by atoms with Gasteiger partial charge >= 0.3 is 5.97 Å².